The minimum atomic E-state index is -0.197. The molecule has 1 amide bonds. The zero-order valence-electron chi connectivity index (χ0n) is 8.83. The minimum Gasteiger partial charge on any atom is -0.298 e. The molecule has 0 radical (unpaired) electrons. The predicted molar refractivity (Wildman–Crippen MR) is 74.0 cm³/mol. The lowest BCUT2D eigenvalue weighted by Gasteiger charge is -2.03. The number of carbonyl (C=O) groups is 1. The van der Waals surface area contributed by atoms with Gasteiger partial charge in [-0.3, -0.25) is 10.1 Å². The quantitative estimate of drug-likeness (QED) is 0.899. The van der Waals surface area contributed by atoms with Gasteiger partial charge >= 0.3 is 0 Å². The van der Waals surface area contributed by atoms with Crippen LogP contribution in [-0.4, -0.2) is 10.9 Å². The molecule has 2 rings (SSSR count). The Bertz CT molecular complexity index is 570. The maximum Gasteiger partial charge on any atom is 0.257 e. The number of rotatable bonds is 2. The first-order chi connectivity index (χ1) is 8.06. The summed E-state index contributed by atoms with van der Waals surface area (Å²) in [5, 5.41) is 3.90. The summed E-state index contributed by atoms with van der Waals surface area (Å²) in [5.41, 5.74) is 0.536. The van der Waals surface area contributed by atoms with Crippen LogP contribution in [0.3, 0.4) is 0 Å². The lowest BCUT2D eigenvalue weighted by molar-refractivity contribution is 0.102. The Hall–Kier alpha value is -0.910. The molecule has 0 bridgehead atoms. The Morgan fingerprint density at radius 3 is 2.88 bits per heavy atom. The van der Waals surface area contributed by atoms with Crippen molar-refractivity contribution in [3.05, 3.63) is 44.3 Å². The van der Waals surface area contributed by atoms with Crippen LogP contribution in [0.1, 0.15) is 15.2 Å². The first-order valence-corrected chi connectivity index (χ1v) is 6.74. The first-order valence-electron chi connectivity index (χ1n) is 4.75. The number of nitrogens with zero attached hydrogens (tertiary/aromatic N) is 1. The van der Waals surface area contributed by atoms with Gasteiger partial charge in [0, 0.05) is 21.1 Å². The van der Waals surface area contributed by atoms with E-state index in [1.165, 1.54) is 11.3 Å². The van der Waals surface area contributed by atoms with Crippen molar-refractivity contribution in [3.8, 4) is 0 Å². The van der Waals surface area contributed by atoms with E-state index >= 15 is 0 Å². The number of hydrogen-bond acceptors (Lipinski definition) is 3. The standard InChI is InChI=1S/C11H8BrClN2OS/c1-6-5-14-11(17-6)15-10(16)7-2-3-9(13)8(12)4-7/h2-5H,1H3,(H,14,15,16). The van der Waals surface area contributed by atoms with Gasteiger partial charge in [0.15, 0.2) is 5.13 Å². The van der Waals surface area contributed by atoms with Crippen LogP contribution in [0, 0.1) is 6.92 Å². The van der Waals surface area contributed by atoms with Crippen LogP contribution < -0.4 is 5.32 Å². The Labute approximate surface area is 116 Å². The summed E-state index contributed by atoms with van der Waals surface area (Å²) in [5.74, 6) is -0.197. The summed E-state index contributed by atoms with van der Waals surface area (Å²) < 4.78 is 0.696. The van der Waals surface area contributed by atoms with E-state index in [0.717, 1.165) is 4.88 Å². The van der Waals surface area contributed by atoms with Crippen LogP contribution in [0.4, 0.5) is 5.13 Å². The molecule has 6 heteroatoms. The molecule has 0 aliphatic heterocycles. The van der Waals surface area contributed by atoms with Crippen LogP contribution in [0.15, 0.2) is 28.9 Å². The molecule has 0 atom stereocenters. The molecule has 17 heavy (non-hydrogen) atoms. The number of carbonyl (C=O) groups excluding carboxylic acids is 1. The number of aromatic nitrogens is 1. The first kappa shape index (κ1) is 12.5. The summed E-state index contributed by atoms with van der Waals surface area (Å²) in [6.45, 7) is 1.94. The third-order valence-electron chi connectivity index (χ3n) is 2.02. The molecule has 1 N–H and O–H groups in total. The van der Waals surface area contributed by atoms with Crippen LogP contribution in [0.5, 0.6) is 0 Å². The monoisotopic (exact) mass is 330 g/mol. The summed E-state index contributed by atoms with van der Waals surface area (Å²) in [6.07, 6.45) is 1.72. The van der Waals surface area contributed by atoms with E-state index in [4.69, 9.17) is 11.6 Å². The molecule has 0 saturated heterocycles. The van der Waals surface area contributed by atoms with Gasteiger partial charge in [-0.1, -0.05) is 11.6 Å². The second kappa shape index (κ2) is 5.16. The number of thiazole rings is 1. The van der Waals surface area contributed by atoms with Crippen molar-refractivity contribution in [2.75, 3.05) is 5.32 Å². The summed E-state index contributed by atoms with van der Waals surface area (Å²) >= 11 is 10.6. The maximum atomic E-state index is 11.9. The molecule has 88 valence electrons. The number of benzene rings is 1. The third-order valence-corrected chi connectivity index (χ3v) is 4.07. The van der Waals surface area contributed by atoms with E-state index in [-0.39, 0.29) is 5.91 Å². The van der Waals surface area contributed by atoms with Gasteiger partial charge in [-0.15, -0.1) is 11.3 Å². The zero-order valence-corrected chi connectivity index (χ0v) is 12.0. The van der Waals surface area contributed by atoms with E-state index < -0.39 is 0 Å². The molecule has 3 nitrogen and oxygen atoms in total. The molecule has 0 aliphatic rings. The Morgan fingerprint density at radius 1 is 1.53 bits per heavy atom. The molecular formula is C11H8BrClN2OS. The lowest BCUT2D eigenvalue weighted by atomic mass is 10.2. The van der Waals surface area contributed by atoms with Crippen molar-refractivity contribution in [1.82, 2.24) is 4.98 Å². The highest BCUT2D eigenvalue weighted by atomic mass is 79.9. The van der Waals surface area contributed by atoms with E-state index in [1.54, 1.807) is 24.4 Å². The fourth-order valence-electron chi connectivity index (χ4n) is 1.22. The van der Waals surface area contributed by atoms with Crippen LogP contribution >= 0.6 is 38.9 Å². The van der Waals surface area contributed by atoms with Gasteiger partial charge < -0.3 is 0 Å². The number of aryl methyl sites for hydroxylation is 1. The van der Waals surface area contributed by atoms with Crippen molar-refractivity contribution in [1.29, 1.82) is 0 Å². The molecule has 0 spiro atoms. The molecule has 0 saturated carbocycles. The molecule has 1 aromatic heterocycles. The number of amides is 1. The number of hydrogen-bond donors (Lipinski definition) is 1. The van der Waals surface area contributed by atoms with E-state index in [9.17, 15) is 4.79 Å². The maximum absolute atomic E-state index is 11.9. The van der Waals surface area contributed by atoms with Crippen LogP contribution in [0.2, 0.25) is 5.02 Å². The Kier molecular flexibility index (Phi) is 3.81. The number of anilines is 1. The molecular weight excluding hydrogens is 324 g/mol. The van der Waals surface area contributed by atoms with Crippen molar-refractivity contribution in [2.45, 2.75) is 6.92 Å². The van der Waals surface area contributed by atoms with E-state index in [2.05, 4.69) is 26.2 Å². The van der Waals surface area contributed by atoms with Crippen molar-refractivity contribution < 1.29 is 4.79 Å². The second-order valence-electron chi connectivity index (χ2n) is 3.36. The fourth-order valence-corrected chi connectivity index (χ4v) is 2.38. The molecule has 0 fully saturated rings. The molecule has 1 heterocycles. The lowest BCUT2D eigenvalue weighted by Crippen LogP contribution is -2.11. The fraction of sp³-hybridized carbons (Fsp3) is 0.0909. The van der Waals surface area contributed by atoms with E-state index in [0.29, 0.717) is 20.2 Å². The number of nitrogens with one attached hydrogen (secondary N) is 1. The Balaban J connectivity index is 2.17. The zero-order chi connectivity index (χ0) is 12.4. The summed E-state index contributed by atoms with van der Waals surface area (Å²) in [4.78, 5) is 17.0. The molecule has 0 unspecified atom stereocenters. The van der Waals surface area contributed by atoms with Crippen molar-refractivity contribution in [2.24, 2.45) is 0 Å². The second-order valence-corrected chi connectivity index (χ2v) is 5.86. The summed E-state index contributed by atoms with van der Waals surface area (Å²) in [7, 11) is 0. The highest BCUT2D eigenvalue weighted by Gasteiger charge is 2.09. The molecule has 2 aromatic rings. The van der Waals surface area contributed by atoms with Crippen LogP contribution in [0.25, 0.3) is 0 Å². The van der Waals surface area contributed by atoms with Gasteiger partial charge in [0.05, 0.1) is 5.02 Å². The SMILES string of the molecule is Cc1cnc(NC(=O)c2ccc(Cl)c(Br)c2)s1. The van der Waals surface area contributed by atoms with E-state index in [1.807, 2.05) is 6.92 Å². The average Bonchev–Trinajstić information content (AvgIpc) is 2.68. The summed E-state index contributed by atoms with van der Waals surface area (Å²) in [6, 6.07) is 5.02. The van der Waals surface area contributed by atoms with Gasteiger partial charge in [-0.25, -0.2) is 4.98 Å². The van der Waals surface area contributed by atoms with Gasteiger partial charge in [-0.2, -0.15) is 0 Å². The van der Waals surface area contributed by atoms with Crippen LogP contribution in [-0.2, 0) is 0 Å². The smallest absolute Gasteiger partial charge is 0.257 e. The van der Waals surface area contributed by atoms with Gasteiger partial charge in [0.25, 0.3) is 5.91 Å². The number of halogens is 2. The average molecular weight is 332 g/mol. The minimum absolute atomic E-state index is 0.197. The van der Waals surface area contributed by atoms with Crippen molar-refractivity contribution >= 4 is 49.9 Å². The topological polar surface area (TPSA) is 42.0 Å². The van der Waals surface area contributed by atoms with Gasteiger partial charge in [0.1, 0.15) is 0 Å². The molecule has 0 aliphatic carbocycles. The normalized spacial score (nSPS) is 10.3. The Morgan fingerprint density at radius 2 is 2.29 bits per heavy atom. The van der Waals surface area contributed by atoms with Crippen molar-refractivity contribution in [3.63, 3.8) is 0 Å². The highest BCUT2D eigenvalue weighted by molar-refractivity contribution is 9.10. The predicted octanol–water partition coefficient (Wildman–Crippen LogP) is 4.12. The molecule has 1 aromatic carbocycles. The van der Waals surface area contributed by atoms with Gasteiger partial charge in [0.2, 0.25) is 0 Å². The largest absolute Gasteiger partial charge is 0.298 e. The highest BCUT2D eigenvalue weighted by Crippen LogP contribution is 2.24. The van der Waals surface area contributed by atoms with Gasteiger partial charge in [-0.05, 0) is 41.1 Å². The third kappa shape index (κ3) is 3.06.